The lowest BCUT2D eigenvalue weighted by molar-refractivity contribution is -0.145. The smallest absolute Gasteiger partial charge is 0.246 e. The van der Waals surface area contributed by atoms with Crippen LogP contribution in [0.2, 0.25) is 0 Å². The van der Waals surface area contributed by atoms with Crippen LogP contribution in [0.4, 0.5) is 0 Å². The SMILES string of the molecule is CC1(C)C(=O)NC(=O)CN1Cc1cncc(Br)c1. The fraction of sp³-hybridized carbons (Fsp3) is 0.417. The van der Waals surface area contributed by atoms with Crippen molar-refractivity contribution in [2.75, 3.05) is 6.54 Å². The maximum atomic E-state index is 11.8. The molecule has 6 heteroatoms. The molecule has 1 aliphatic heterocycles. The van der Waals surface area contributed by atoms with Gasteiger partial charge in [0.05, 0.1) is 12.1 Å². The van der Waals surface area contributed by atoms with Crippen LogP contribution in [0.1, 0.15) is 19.4 Å². The van der Waals surface area contributed by atoms with E-state index < -0.39 is 5.54 Å². The minimum atomic E-state index is -0.698. The van der Waals surface area contributed by atoms with Crippen LogP contribution in [0.25, 0.3) is 0 Å². The number of halogens is 1. The molecule has 96 valence electrons. The molecule has 1 aliphatic rings. The Kier molecular flexibility index (Phi) is 3.49. The minimum absolute atomic E-state index is 0.214. The Morgan fingerprint density at radius 2 is 2.17 bits per heavy atom. The number of nitrogens with one attached hydrogen (secondary N) is 1. The van der Waals surface area contributed by atoms with Gasteiger partial charge in [0.2, 0.25) is 11.8 Å². The molecule has 0 bridgehead atoms. The Morgan fingerprint density at radius 3 is 2.83 bits per heavy atom. The van der Waals surface area contributed by atoms with Gasteiger partial charge in [0.15, 0.2) is 0 Å². The molecule has 0 atom stereocenters. The lowest BCUT2D eigenvalue weighted by Crippen LogP contribution is -2.63. The van der Waals surface area contributed by atoms with E-state index in [0.717, 1.165) is 10.0 Å². The van der Waals surface area contributed by atoms with Gasteiger partial charge in [-0.25, -0.2) is 0 Å². The average molecular weight is 312 g/mol. The number of rotatable bonds is 2. The monoisotopic (exact) mass is 311 g/mol. The molecule has 0 unspecified atom stereocenters. The summed E-state index contributed by atoms with van der Waals surface area (Å²) >= 11 is 3.35. The van der Waals surface area contributed by atoms with Crippen molar-refractivity contribution < 1.29 is 9.59 Å². The van der Waals surface area contributed by atoms with E-state index in [-0.39, 0.29) is 18.4 Å². The van der Waals surface area contributed by atoms with Crippen LogP contribution in [-0.4, -0.2) is 33.8 Å². The second-order valence-corrected chi connectivity index (χ2v) is 5.72. The zero-order chi connectivity index (χ0) is 13.3. The minimum Gasteiger partial charge on any atom is -0.294 e. The van der Waals surface area contributed by atoms with Crippen molar-refractivity contribution in [3.63, 3.8) is 0 Å². The molecule has 1 N–H and O–H groups in total. The topological polar surface area (TPSA) is 62.3 Å². The Balaban J connectivity index is 2.21. The molecule has 0 saturated carbocycles. The standard InChI is InChI=1S/C12H14BrN3O2/c1-12(2)11(18)15-10(17)7-16(12)6-8-3-9(13)5-14-4-8/h3-5H,6-7H2,1-2H3,(H,15,17,18). The Morgan fingerprint density at radius 1 is 1.44 bits per heavy atom. The molecular formula is C12H14BrN3O2. The van der Waals surface area contributed by atoms with E-state index in [1.165, 1.54) is 0 Å². The van der Waals surface area contributed by atoms with Crippen molar-refractivity contribution in [1.29, 1.82) is 0 Å². The van der Waals surface area contributed by atoms with Crippen molar-refractivity contribution in [1.82, 2.24) is 15.2 Å². The molecule has 0 spiro atoms. The molecule has 2 heterocycles. The summed E-state index contributed by atoms with van der Waals surface area (Å²) in [5, 5.41) is 2.35. The van der Waals surface area contributed by atoms with Gasteiger partial charge in [0.25, 0.3) is 0 Å². The van der Waals surface area contributed by atoms with Crippen LogP contribution < -0.4 is 5.32 Å². The molecule has 0 aliphatic carbocycles. The van der Waals surface area contributed by atoms with E-state index in [9.17, 15) is 9.59 Å². The van der Waals surface area contributed by atoms with E-state index in [1.54, 1.807) is 26.2 Å². The number of piperazine rings is 1. The van der Waals surface area contributed by atoms with Gasteiger partial charge in [-0.05, 0) is 41.4 Å². The fourth-order valence-corrected chi connectivity index (χ4v) is 2.26. The zero-order valence-electron chi connectivity index (χ0n) is 10.2. The first-order chi connectivity index (χ1) is 8.39. The summed E-state index contributed by atoms with van der Waals surface area (Å²) in [5.74, 6) is -0.524. The van der Waals surface area contributed by atoms with Crippen LogP contribution in [0.5, 0.6) is 0 Å². The third kappa shape index (κ3) is 2.59. The van der Waals surface area contributed by atoms with Crippen molar-refractivity contribution in [3.05, 3.63) is 28.5 Å². The third-order valence-corrected chi connectivity index (χ3v) is 3.50. The highest BCUT2D eigenvalue weighted by molar-refractivity contribution is 9.10. The van der Waals surface area contributed by atoms with Gasteiger partial charge >= 0.3 is 0 Å². The van der Waals surface area contributed by atoms with E-state index in [4.69, 9.17) is 0 Å². The van der Waals surface area contributed by atoms with Gasteiger partial charge in [-0.2, -0.15) is 0 Å². The van der Waals surface area contributed by atoms with Gasteiger partial charge in [0, 0.05) is 23.4 Å². The molecule has 0 radical (unpaired) electrons. The van der Waals surface area contributed by atoms with Crippen molar-refractivity contribution in [3.8, 4) is 0 Å². The first kappa shape index (κ1) is 13.2. The van der Waals surface area contributed by atoms with E-state index in [0.29, 0.717) is 6.54 Å². The first-order valence-corrected chi connectivity index (χ1v) is 6.37. The van der Waals surface area contributed by atoms with Crippen molar-refractivity contribution in [2.24, 2.45) is 0 Å². The summed E-state index contributed by atoms with van der Waals surface area (Å²) in [6.07, 6.45) is 3.43. The number of hydrogen-bond donors (Lipinski definition) is 1. The van der Waals surface area contributed by atoms with Crippen LogP contribution in [0.3, 0.4) is 0 Å². The average Bonchev–Trinajstić information content (AvgIpc) is 2.26. The summed E-state index contributed by atoms with van der Waals surface area (Å²) in [6.45, 7) is 4.34. The lowest BCUT2D eigenvalue weighted by atomic mass is 9.98. The van der Waals surface area contributed by atoms with Gasteiger partial charge in [-0.1, -0.05) is 0 Å². The highest BCUT2D eigenvalue weighted by atomic mass is 79.9. The number of carbonyl (C=O) groups is 2. The first-order valence-electron chi connectivity index (χ1n) is 5.58. The van der Waals surface area contributed by atoms with E-state index in [1.807, 2.05) is 11.0 Å². The summed E-state index contributed by atoms with van der Waals surface area (Å²) in [6, 6.07) is 1.93. The Bertz CT molecular complexity index is 502. The van der Waals surface area contributed by atoms with Crippen molar-refractivity contribution in [2.45, 2.75) is 25.9 Å². The van der Waals surface area contributed by atoms with Crippen LogP contribution in [0.15, 0.2) is 22.9 Å². The molecule has 1 aromatic rings. The largest absolute Gasteiger partial charge is 0.294 e. The quantitative estimate of drug-likeness (QED) is 0.830. The van der Waals surface area contributed by atoms with Gasteiger partial charge in [-0.15, -0.1) is 0 Å². The molecule has 2 amide bonds. The number of hydrogen-bond acceptors (Lipinski definition) is 4. The van der Waals surface area contributed by atoms with Crippen LogP contribution >= 0.6 is 15.9 Å². The summed E-state index contributed by atoms with van der Waals surface area (Å²) < 4.78 is 0.880. The second-order valence-electron chi connectivity index (χ2n) is 4.80. The number of imide groups is 1. The Labute approximate surface area is 114 Å². The number of carbonyl (C=O) groups excluding carboxylic acids is 2. The second kappa shape index (κ2) is 4.78. The number of aromatic nitrogens is 1. The lowest BCUT2D eigenvalue weighted by Gasteiger charge is -2.40. The molecule has 18 heavy (non-hydrogen) atoms. The van der Waals surface area contributed by atoms with Crippen LogP contribution in [-0.2, 0) is 16.1 Å². The maximum absolute atomic E-state index is 11.8. The molecule has 5 nitrogen and oxygen atoms in total. The van der Waals surface area contributed by atoms with Crippen LogP contribution in [0, 0.1) is 0 Å². The highest BCUT2D eigenvalue weighted by Crippen LogP contribution is 2.21. The van der Waals surface area contributed by atoms with Gasteiger partial charge in [0.1, 0.15) is 0 Å². The summed E-state index contributed by atoms with van der Waals surface area (Å²) in [4.78, 5) is 29.1. The molecular weight excluding hydrogens is 298 g/mol. The molecule has 1 fully saturated rings. The Hall–Kier alpha value is -1.27. The molecule has 1 saturated heterocycles. The third-order valence-electron chi connectivity index (χ3n) is 3.07. The molecule has 0 aromatic carbocycles. The number of pyridine rings is 1. The highest BCUT2D eigenvalue weighted by Gasteiger charge is 2.40. The van der Waals surface area contributed by atoms with Gasteiger partial charge < -0.3 is 0 Å². The predicted molar refractivity (Wildman–Crippen MR) is 69.6 cm³/mol. The summed E-state index contributed by atoms with van der Waals surface area (Å²) in [5.41, 5.74) is 0.260. The van der Waals surface area contributed by atoms with E-state index in [2.05, 4.69) is 26.2 Å². The predicted octanol–water partition coefficient (Wildman–Crippen LogP) is 1.08. The molecule has 1 aromatic heterocycles. The number of nitrogens with zero attached hydrogens (tertiary/aromatic N) is 2. The fourth-order valence-electron chi connectivity index (χ4n) is 1.85. The zero-order valence-corrected chi connectivity index (χ0v) is 11.8. The summed E-state index contributed by atoms with van der Waals surface area (Å²) in [7, 11) is 0. The number of amides is 2. The van der Waals surface area contributed by atoms with E-state index >= 15 is 0 Å². The molecule has 2 rings (SSSR count). The van der Waals surface area contributed by atoms with Crippen molar-refractivity contribution >= 4 is 27.7 Å². The van der Waals surface area contributed by atoms with Gasteiger partial charge in [-0.3, -0.25) is 24.8 Å². The normalized spacial score (nSPS) is 19.7. The maximum Gasteiger partial charge on any atom is 0.246 e.